The number of hydrogen-bond donors (Lipinski definition) is 2. The molecule has 0 bridgehead atoms. The van der Waals surface area contributed by atoms with E-state index in [9.17, 15) is 9.18 Å². The molecule has 0 aliphatic rings. The van der Waals surface area contributed by atoms with Gasteiger partial charge >= 0.3 is 5.97 Å². The first-order valence-corrected chi connectivity index (χ1v) is 10.4. The summed E-state index contributed by atoms with van der Waals surface area (Å²) in [4.78, 5) is 19.3. The molecule has 33 heavy (non-hydrogen) atoms. The molecule has 2 N–H and O–H groups in total. The molecule has 0 saturated carbocycles. The van der Waals surface area contributed by atoms with E-state index in [2.05, 4.69) is 15.3 Å². The van der Waals surface area contributed by atoms with Gasteiger partial charge in [0.05, 0.1) is 18.6 Å². The minimum atomic E-state index is -1.07. The standard InChI is InChI=1S/C24H22FN3O5/c1-2-31-22-10-16(3-4-20(22)33-13-24(29)30)19-12-23(28-14-27-19)26-7-5-15-9-17-6-8-32-21(17)11-18(15)25/h3-4,6,8-12,14H,2,5,7,13H2,1H3,(H,29,30)(H,26,27,28). The number of carboxylic acids is 1. The van der Waals surface area contributed by atoms with Crippen molar-refractivity contribution in [2.45, 2.75) is 13.3 Å². The number of fused-ring (bicyclic) bond motifs is 1. The second-order valence-corrected chi connectivity index (χ2v) is 7.14. The summed E-state index contributed by atoms with van der Waals surface area (Å²) in [7, 11) is 0. The lowest BCUT2D eigenvalue weighted by molar-refractivity contribution is -0.139. The number of nitrogens with one attached hydrogen (secondary N) is 1. The lowest BCUT2D eigenvalue weighted by atomic mass is 10.1. The van der Waals surface area contributed by atoms with Gasteiger partial charge in [-0.05, 0) is 49.2 Å². The van der Waals surface area contributed by atoms with E-state index in [1.54, 1.807) is 36.4 Å². The second-order valence-electron chi connectivity index (χ2n) is 7.14. The fourth-order valence-corrected chi connectivity index (χ4v) is 3.35. The predicted octanol–water partition coefficient (Wildman–Crippen LogP) is 4.55. The first-order valence-electron chi connectivity index (χ1n) is 10.4. The summed E-state index contributed by atoms with van der Waals surface area (Å²) >= 11 is 0. The zero-order valence-corrected chi connectivity index (χ0v) is 17.9. The lowest BCUT2D eigenvalue weighted by Crippen LogP contribution is -2.10. The molecule has 0 unspecified atom stereocenters. The molecule has 0 aliphatic heterocycles. The monoisotopic (exact) mass is 451 g/mol. The van der Waals surface area contributed by atoms with E-state index in [0.717, 1.165) is 10.9 Å². The fourth-order valence-electron chi connectivity index (χ4n) is 3.35. The van der Waals surface area contributed by atoms with Gasteiger partial charge in [0.2, 0.25) is 0 Å². The Morgan fingerprint density at radius 1 is 1.12 bits per heavy atom. The van der Waals surface area contributed by atoms with E-state index < -0.39 is 12.6 Å². The highest BCUT2D eigenvalue weighted by Gasteiger charge is 2.11. The van der Waals surface area contributed by atoms with Crippen molar-refractivity contribution in [1.82, 2.24) is 9.97 Å². The van der Waals surface area contributed by atoms with Gasteiger partial charge in [-0.2, -0.15) is 0 Å². The van der Waals surface area contributed by atoms with Gasteiger partial charge in [-0.15, -0.1) is 0 Å². The van der Waals surface area contributed by atoms with Crippen molar-refractivity contribution in [2.75, 3.05) is 25.1 Å². The van der Waals surface area contributed by atoms with Crippen LogP contribution in [0.4, 0.5) is 10.2 Å². The number of carboxylic acid groups (broad SMARTS) is 1. The topological polar surface area (TPSA) is 107 Å². The molecule has 4 aromatic rings. The van der Waals surface area contributed by atoms with Crippen LogP contribution in [0.3, 0.4) is 0 Å². The molecule has 4 rings (SSSR count). The molecule has 170 valence electrons. The number of rotatable bonds is 10. The van der Waals surface area contributed by atoms with Crippen LogP contribution in [0.15, 0.2) is 59.5 Å². The fraction of sp³-hybridized carbons (Fsp3) is 0.208. The van der Waals surface area contributed by atoms with Crippen LogP contribution in [0.5, 0.6) is 11.5 Å². The van der Waals surface area contributed by atoms with E-state index >= 15 is 0 Å². The molecule has 2 aromatic heterocycles. The van der Waals surface area contributed by atoms with E-state index in [1.807, 2.05) is 6.92 Å². The Morgan fingerprint density at radius 3 is 2.82 bits per heavy atom. The van der Waals surface area contributed by atoms with E-state index in [-0.39, 0.29) is 5.82 Å². The zero-order chi connectivity index (χ0) is 23.2. The third-order valence-electron chi connectivity index (χ3n) is 4.88. The maximum absolute atomic E-state index is 14.3. The Balaban J connectivity index is 1.46. The molecule has 0 spiro atoms. The summed E-state index contributed by atoms with van der Waals surface area (Å²) in [5, 5.41) is 12.9. The SMILES string of the molecule is CCOc1cc(-c2cc(NCCc3cc4ccoc4cc3F)ncn2)ccc1OCC(=O)O. The number of halogens is 1. The predicted molar refractivity (Wildman–Crippen MR) is 120 cm³/mol. The summed E-state index contributed by atoms with van der Waals surface area (Å²) in [6.45, 7) is 2.23. The van der Waals surface area contributed by atoms with Gasteiger partial charge in [-0.25, -0.2) is 19.2 Å². The van der Waals surface area contributed by atoms with Crippen LogP contribution in [0, 0.1) is 5.82 Å². The van der Waals surface area contributed by atoms with Crippen LogP contribution in [0.2, 0.25) is 0 Å². The largest absolute Gasteiger partial charge is 0.490 e. The Morgan fingerprint density at radius 2 is 2.00 bits per heavy atom. The van der Waals surface area contributed by atoms with Crippen LogP contribution in [0.25, 0.3) is 22.2 Å². The first kappa shape index (κ1) is 22.1. The average molecular weight is 451 g/mol. The lowest BCUT2D eigenvalue weighted by Gasteiger charge is -2.13. The average Bonchev–Trinajstić information content (AvgIpc) is 3.25. The van der Waals surface area contributed by atoms with Crippen molar-refractivity contribution in [3.63, 3.8) is 0 Å². The smallest absolute Gasteiger partial charge is 0.341 e. The van der Waals surface area contributed by atoms with Crippen molar-refractivity contribution in [2.24, 2.45) is 0 Å². The van der Waals surface area contributed by atoms with Crippen molar-refractivity contribution in [3.8, 4) is 22.8 Å². The molecule has 0 fully saturated rings. The molecule has 0 radical (unpaired) electrons. The van der Waals surface area contributed by atoms with E-state index in [1.165, 1.54) is 18.7 Å². The molecule has 9 heteroatoms. The number of furan rings is 1. The van der Waals surface area contributed by atoms with Crippen LogP contribution in [-0.2, 0) is 11.2 Å². The molecule has 2 aromatic carbocycles. The Kier molecular flexibility index (Phi) is 6.68. The van der Waals surface area contributed by atoms with E-state index in [4.69, 9.17) is 19.0 Å². The summed E-state index contributed by atoms with van der Waals surface area (Å²) in [5.74, 6) is -0.0237. The normalized spacial score (nSPS) is 10.8. The van der Waals surface area contributed by atoms with Crippen LogP contribution in [-0.4, -0.2) is 40.8 Å². The number of carbonyl (C=O) groups is 1. The second kappa shape index (κ2) is 9.99. The molecule has 0 atom stereocenters. The highest BCUT2D eigenvalue weighted by atomic mass is 19.1. The van der Waals surface area contributed by atoms with Crippen molar-refractivity contribution in [3.05, 3.63) is 66.4 Å². The highest BCUT2D eigenvalue weighted by molar-refractivity contribution is 5.78. The van der Waals surface area contributed by atoms with Crippen molar-refractivity contribution in [1.29, 1.82) is 0 Å². The summed E-state index contributed by atoms with van der Waals surface area (Å²) < 4.78 is 30.4. The number of aliphatic carboxylic acids is 1. The van der Waals surface area contributed by atoms with Gasteiger partial charge in [0, 0.05) is 29.6 Å². The highest BCUT2D eigenvalue weighted by Crippen LogP contribution is 2.32. The number of benzene rings is 2. The van der Waals surface area contributed by atoms with Crippen molar-refractivity contribution >= 4 is 22.8 Å². The zero-order valence-electron chi connectivity index (χ0n) is 17.9. The van der Waals surface area contributed by atoms with Gasteiger partial charge in [0.15, 0.2) is 18.1 Å². The third-order valence-corrected chi connectivity index (χ3v) is 4.88. The molecular weight excluding hydrogens is 429 g/mol. The van der Waals surface area contributed by atoms with Gasteiger partial charge in [-0.1, -0.05) is 0 Å². The van der Waals surface area contributed by atoms with Crippen LogP contribution < -0.4 is 14.8 Å². The number of hydrogen-bond acceptors (Lipinski definition) is 7. The number of anilines is 1. The molecule has 2 heterocycles. The summed E-state index contributed by atoms with van der Waals surface area (Å²) in [5.41, 5.74) is 2.51. The molecular formula is C24H22FN3O5. The summed E-state index contributed by atoms with van der Waals surface area (Å²) in [6.07, 6.45) is 3.44. The quantitative estimate of drug-likeness (QED) is 0.362. The summed E-state index contributed by atoms with van der Waals surface area (Å²) in [6, 6.07) is 11.9. The maximum Gasteiger partial charge on any atom is 0.341 e. The Hall–Kier alpha value is -4.14. The van der Waals surface area contributed by atoms with Gasteiger partial charge in [0.1, 0.15) is 23.5 Å². The first-order chi connectivity index (χ1) is 16.0. The van der Waals surface area contributed by atoms with Crippen molar-refractivity contribution < 1.29 is 28.2 Å². The number of ether oxygens (including phenoxy) is 2. The maximum atomic E-state index is 14.3. The van der Waals surface area contributed by atoms with Gasteiger partial charge in [0.25, 0.3) is 0 Å². The molecule has 0 saturated heterocycles. The van der Waals surface area contributed by atoms with Gasteiger partial charge in [-0.3, -0.25) is 0 Å². The Bertz CT molecular complexity index is 1270. The Labute approximate surface area is 189 Å². The van der Waals surface area contributed by atoms with Gasteiger partial charge < -0.3 is 24.3 Å². The van der Waals surface area contributed by atoms with Crippen LogP contribution in [0.1, 0.15) is 12.5 Å². The minimum absolute atomic E-state index is 0.309. The van der Waals surface area contributed by atoms with Crippen LogP contribution >= 0.6 is 0 Å². The third kappa shape index (κ3) is 5.38. The van der Waals surface area contributed by atoms with E-state index in [0.29, 0.717) is 53.7 Å². The molecule has 0 aliphatic carbocycles. The molecule has 8 nitrogen and oxygen atoms in total. The number of aromatic nitrogens is 2. The number of nitrogens with zero attached hydrogens (tertiary/aromatic N) is 2. The minimum Gasteiger partial charge on any atom is -0.490 e. The molecule has 0 amide bonds.